The maximum absolute atomic E-state index is 14.5. The summed E-state index contributed by atoms with van der Waals surface area (Å²) in [6.07, 6.45) is 4.75. The monoisotopic (exact) mass is 540 g/mol. The molecule has 0 aromatic heterocycles. The molecule has 0 amide bonds. The fourth-order valence-corrected chi connectivity index (χ4v) is 3.78. The van der Waals surface area contributed by atoms with Gasteiger partial charge in [-0.15, -0.1) is 0 Å². The number of carbonyl (C=O) groups excluding carboxylic acids is 2. The van der Waals surface area contributed by atoms with Crippen molar-refractivity contribution in [2.45, 2.75) is 59.0 Å². The Morgan fingerprint density at radius 3 is 2.00 bits per heavy atom. The number of benzene rings is 3. The Morgan fingerprint density at radius 1 is 0.769 bits per heavy atom. The predicted octanol–water partition coefficient (Wildman–Crippen LogP) is 7.53. The van der Waals surface area contributed by atoms with Gasteiger partial charge in [0.05, 0.1) is 18.8 Å². The predicted molar refractivity (Wildman–Crippen MR) is 144 cm³/mol. The van der Waals surface area contributed by atoms with Gasteiger partial charge in [0.25, 0.3) is 0 Å². The third kappa shape index (κ3) is 8.53. The minimum atomic E-state index is -1.41. The van der Waals surface area contributed by atoms with E-state index in [9.17, 15) is 18.4 Å². The van der Waals surface area contributed by atoms with Gasteiger partial charge in [-0.2, -0.15) is 8.78 Å². The van der Waals surface area contributed by atoms with Crippen LogP contribution in [0.2, 0.25) is 0 Å². The van der Waals surface area contributed by atoms with E-state index < -0.39 is 41.2 Å². The van der Waals surface area contributed by atoms with Crippen LogP contribution in [-0.4, -0.2) is 31.3 Å². The molecule has 0 N–H and O–H groups in total. The van der Waals surface area contributed by atoms with Crippen molar-refractivity contribution in [3.05, 3.63) is 77.9 Å². The van der Waals surface area contributed by atoms with Gasteiger partial charge >= 0.3 is 11.9 Å². The van der Waals surface area contributed by atoms with Gasteiger partial charge in [-0.25, -0.2) is 9.59 Å². The zero-order valence-electron chi connectivity index (χ0n) is 22.5. The van der Waals surface area contributed by atoms with Crippen LogP contribution in [0.1, 0.15) is 63.2 Å². The van der Waals surface area contributed by atoms with E-state index in [1.807, 2.05) is 24.3 Å². The van der Waals surface area contributed by atoms with Crippen molar-refractivity contribution in [1.82, 2.24) is 0 Å². The first kappa shape index (κ1) is 29.6. The molecule has 3 rings (SSSR count). The Morgan fingerprint density at radius 2 is 1.36 bits per heavy atom. The van der Waals surface area contributed by atoms with E-state index in [0.717, 1.165) is 35.4 Å². The highest BCUT2D eigenvalue weighted by atomic mass is 19.2. The minimum absolute atomic E-state index is 0.125. The maximum Gasteiger partial charge on any atom is 0.347 e. The number of hydrogen-bond acceptors (Lipinski definition) is 6. The first-order valence-corrected chi connectivity index (χ1v) is 13.2. The second-order valence-corrected chi connectivity index (χ2v) is 8.96. The summed E-state index contributed by atoms with van der Waals surface area (Å²) in [6, 6.07) is 16.4. The molecule has 0 heterocycles. The van der Waals surface area contributed by atoms with E-state index in [0.29, 0.717) is 6.61 Å². The van der Waals surface area contributed by atoms with Crippen LogP contribution in [0, 0.1) is 11.6 Å². The summed E-state index contributed by atoms with van der Waals surface area (Å²) in [5.41, 5.74) is 1.97. The van der Waals surface area contributed by atoms with Gasteiger partial charge in [0, 0.05) is 0 Å². The maximum atomic E-state index is 14.5. The normalized spacial score (nSPS) is 11.5. The average molecular weight is 541 g/mol. The van der Waals surface area contributed by atoms with E-state index in [4.69, 9.17) is 18.9 Å². The molecule has 6 nitrogen and oxygen atoms in total. The SMILES string of the molecule is CCCCCCCOc1ccc(-c2ccc(C(=O)Oc3ccc(OC(C)C(=O)OCC)c(F)c3F)cc2)cc1. The summed E-state index contributed by atoms with van der Waals surface area (Å²) < 4.78 is 49.8. The van der Waals surface area contributed by atoms with Crippen molar-refractivity contribution >= 4 is 11.9 Å². The Kier molecular flexibility index (Phi) is 11.3. The minimum Gasteiger partial charge on any atom is -0.494 e. The Bertz CT molecular complexity index is 1230. The average Bonchev–Trinajstić information content (AvgIpc) is 2.95. The molecule has 0 fully saturated rings. The molecule has 3 aromatic rings. The molecule has 0 radical (unpaired) electrons. The van der Waals surface area contributed by atoms with Crippen LogP contribution in [0.3, 0.4) is 0 Å². The first-order valence-electron chi connectivity index (χ1n) is 13.2. The highest BCUT2D eigenvalue weighted by molar-refractivity contribution is 5.91. The third-order valence-electron chi connectivity index (χ3n) is 5.96. The summed E-state index contributed by atoms with van der Waals surface area (Å²) >= 11 is 0. The first-order chi connectivity index (χ1) is 18.8. The molecule has 0 spiro atoms. The topological polar surface area (TPSA) is 71.1 Å². The highest BCUT2D eigenvalue weighted by Gasteiger charge is 2.23. The van der Waals surface area contributed by atoms with Gasteiger partial charge in [0.2, 0.25) is 11.6 Å². The third-order valence-corrected chi connectivity index (χ3v) is 5.96. The summed E-state index contributed by atoms with van der Waals surface area (Å²) in [5.74, 6) is -4.65. The lowest BCUT2D eigenvalue weighted by Crippen LogP contribution is -2.26. The largest absolute Gasteiger partial charge is 0.494 e. The fraction of sp³-hybridized carbons (Fsp3) is 0.355. The number of halogens is 2. The molecule has 3 aromatic carbocycles. The second kappa shape index (κ2) is 14.9. The fourth-order valence-electron chi connectivity index (χ4n) is 3.78. The second-order valence-electron chi connectivity index (χ2n) is 8.96. The number of carbonyl (C=O) groups is 2. The van der Waals surface area contributed by atoms with Gasteiger partial charge in [0.15, 0.2) is 17.6 Å². The van der Waals surface area contributed by atoms with E-state index in [1.165, 1.54) is 32.6 Å². The van der Waals surface area contributed by atoms with Gasteiger partial charge in [-0.1, -0.05) is 56.9 Å². The lowest BCUT2D eigenvalue weighted by molar-refractivity contribution is -0.150. The van der Waals surface area contributed by atoms with E-state index >= 15 is 0 Å². The van der Waals surface area contributed by atoms with Crippen LogP contribution in [0.5, 0.6) is 17.2 Å². The van der Waals surface area contributed by atoms with Crippen molar-refractivity contribution in [3.8, 4) is 28.4 Å². The highest BCUT2D eigenvalue weighted by Crippen LogP contribution is 2.29. The number of esters is 2. The van der Waals surface area contributed by atoms with Gasteiger partial charge in [-0.3, -0.25) is 0 Å². The molecule has 0 aliphatic carbocycles. The zero-order valence-corrected chi connectivity index (χ0v) is 22.5. The molecule has 1 atom stereocenters. The number of hydrogen-bond donors (Lipinski definition) is 0. The van der Waals surface area contributed by atoms with E-state index in [1.54, 1.807) is 31.2 Å². The molecule has 0 bridgehead atoms. The van der Waals surface area contributed by atoms with Crippen molar-refractivity contribution in [3.63, 3.8) is 0 Å². The summed E-state index contributed by atoms with van der Waals surface area (Å²) in [4.78, 5) is 24.2. The standard InChI is InChI=1S/C31H34F2O6/c1-4-6-7-8-9-20-37-25-16-14-23(15-17-25)22-10-12-24(13-11-22)31(35)39-27-19-18-26(28(32)29(27)33)38-21(3)30(34)36-5-2/h10-19,21H,4-9,20H2,1-3H3. The van der Waals surface area contributed by atoms with Crippen molar-refractivity contribution in [1.29, 1.82) is 0 Å². The number of ether oxygens (including phenoxy) is 4. The molecule has 39 heavy (non-hydrogen) atoms. The van der Waals surface area contributed by atoms with Crippen LogP contribution < -0.4 is 14.2 Å². The van der Waals surface area contributed by atoms with Crippen molar-refractivity contribution < 1.29 is 37.3 Å². The van der Waals surface area contributed by atoms with Crippen LogP contribution >= 0.6 is 0 Å². The molecule has 0 saturated heterocycles. The zero-order chi connectivity index (χ0) is 28.2. The van der Waals surface area contributed by atoms with E-state index in [-0.39, 0.29) is 12.2 Å². The van der Waals surface area contributed by atoms with Gasteiger partial charge in [0.1, 0.15) is 5.75 Å². The van der Waals surface area contributed by atoms with Crippen molar-refractivity contribution in [2.75, 3.05) is 13.2 Å². The molecule has 208 valence electrons. The summed E-state index contributed by atoms with van der Waals surface area (Å²) in [6.45, 7) is 5.97. The van der Waals surface area contributed by atoms with Crippen LogP contribution in [-0.2, 0) is 9.53 Å². The van der Waals surface area contributed by atoms with Crippen molar-refractivity contribution in [2.24, 2.45) is 0 Å². The molecule has 0 aliphatic rings. The lowest BCUT2D eigenvalue weighted by atomic mass is 10.0. The van der Waals surface area contributed by atoms with E-state index in [2.05, 4.69) is 6.92 Å². The Hall–Kier alpha value is -3.94. The summed E-state index contributed by atoms with van der Waals surface area (Å²) in [5, 5.41) is 0. The smallest absolute Gasteiger partial charge is 0.347 e. The number of rotatable bonds is 14. The molecule has 1 unspecified atom stereocenters. The summed E-state index contributed by atoms with van der Waals surface area (Å²) in [7, 11) is 0. The Labute approximate surface area is 227 Å². The van der Waals surface area contributed by atoms with Crippen LogP contribution in [0.15, 0.2) is 60.7 Å². The number of unbranched alkanes of at least 4 members (excludes halogenated alkanes) is 4. The lowest BCUT2D eigenvalue weighted by Gasteiger charge is -2.15. The molecular formula is C31H34F2O6. The van der Waals surface area contributed by atoms with Crippen LogP contribution in [0.25, 0.3) is 11.1 Å². The quantitative estimate of drug-likeness (QED) is 0.120. The Balaban J connectivity index is 1.57. The molecule has 0 saturated carbocycles. The molecule has 0 aliphatic heterocycles. The van der Waals surface area contributed by atoms with Crippen LogP contribution in [0.4, 0.5) is 8.78 Å². The van der Waals surface area contributed by atoms with Gasteiger partial charge in [-0.05, 0) is 67.8 Å². The molecular weight excluding hydrogens is 506 g/mol. The van der Waals surface area contributed by atoms with Gasteiger partial charge < -0.3 is 18.9 Å². The molecule has 8 heteroatoms.